The van der Waals surface area contributed by atoms with Crippen LogP contribution in [0.25, 0.3) is 22.2 Å². The molecular formula is C23H21FN2O3. The molecule has 1 aliphatic heterocycles. The summed E-state index contributed by atoms with van der Waals surface area (Å²) in [5.74, 6) is -1.99. The third-order valence-electron chi connectivity index (χ3n) is 5.58. The van der Waals surface area contributed by atoms with Crippen LogP contribution in [0.1, 0.15) is 23.7 Å². The van der Waals surface area contributed by atoms with Gasteiger partial charge in [-0.05, 0) is 30.5 Å². The number of piperidine rings is 1. The predicted octanol–water partition coefficient (Wildman–Crippen LogP) is 4.22. The van der Waals surface area contributed by atoms with Gasteiger partial charge in [-0.2, -0.15) is 0 Å². The van der Waals surface area contributed by atoms with Crippen molar-refractivity contribution in [3.05, 3.63) is 66.0 Å². The summed E-state index contributed by atoms with van der Waals surface area (Å²) in [6, 6.07) is 15.4. The average molecular weight is 392 g/mol. The molecule has 6 heteroatoms. The molecule has 1 saturated heterocycles. The van der Waals surface area contributed by atoms with E-state index in [1.165, 1.54) is 12.1 Å². The zero-order valence-corrected chi connectivity index (χ0v) is 16.0. The summed E-state index contributed by atoms with van der Waals surface area (Å²) in [6.07, 6.45) is 0.422. The van der Waals surface area contributed by atoms with Crippen molar-refractivity contribution in [3.8, 4) is 11.3 Å². The van der Waals surface area contributed by atoms with Crippen molar-refractivity contribution in [1.82, 2.24) is 9.88 Å². The lowest BCUT2D eigenvalue weighted by atomic mass is 9.86. The van der Waals surface area contributed by atoms with Crippen molar-refractivity contribution in [1.29, 1.82) is 0 Å². The number of carboxylic acids is 1. The van der Waals surface area contributed by atoms with Crippen LogP contribution in [0.4, 0.5) is 4.39 Å². The van der Waals surface area contributed by atoms with Crippen LogP contribution in [0, 0.1) is 17.7 Å². The Hall–Kier alpha value is -3.28. The Bertz CT molecular complexity index is 1080. The lowest BCUT2D eigenvalue weighted by Crippen LogP contribution is -2.45. The molecule has 1 aliphatic rings. The van der Waals surface area contributed by atoms with E-state index in [1.807, 2.05) is 37.3 Å². The highest BCUT2D eigenvalue weighted by Crippen LogP contribution is 2.29. The van der Waals surface area contributed by atoms with Crippen LogP contribution < -0.4 is 0 Å². The van der Waals surface area contributed by atoms with E-state index in [9.17, 15) is 19.1 Å². The third kappa shape index (κ3) is 3.70. The largest absolute Gasteiger partial charge is 0.481 e. The van der Waals surface area contributed by atoms with Gasteiger partial charge in [0.1, 0.15) is 5.82 Å². The normalized spacial score (nSPS) is 19.3. The van der Waals surface area contributed by atoms with Gasteiger partial charge in [0.25, 0.3) is 5.91 Å². The van der Waals surface area contributed by atoms with E-state index in [0.29, 0.717) is 41.7 Å². The number of benzene rings is 2. The van der Waals surface area contributed by atoms with E-state index in [0.717, 1.165) is 5.56 Å². The minimum absolute atomic E-state index is 0.135. The Morgan fingerprint density at radius 3 is 2.59 bits per heavy atom. The van der Waals surface area contributed by atoms with E-state index in [1.54, 1.807) is 17.0 Å². The summed E-state index contributed by atoms with van der Waals surface area (Å²) in [7, 11) is 0. The van der Waals surface area contributed by atoms with Crippen LogP contribution in [0.2, 0.25) is 0 Å². The zero-order valence-electron chi connectivity index (χ0n) is 16.0. The minimum atomic E-state index is -0.819. The third-order valence-corrected chi connectivity index (χ3v) is 5.58. The van der Waals surface area contributed by atoms with Crippen molar-refractivity contribution in [2.75, 3.05) is 13.1 Å². The SMILES string of the molecule is CC1CN(C(=O)c2cc(-c3ccccc3)nc3cc(F)ccc23)CCC1C(=O)O. The molecule has 2 unspecified atom stereocenters. The van der Waals surface area contributed by atoms with Gasteiger partial charge < -0.3 is 10.0 Å². The molecule has 2 atom stereocenters. The topological polar surface area (TPSA) is 70.5 Å². The number of likely N-dealkylation sites (tertiary alicyclic amines) is 1. The Morgan fingerprint density at radius 1 is 1.14 bits per heavy atom. The van der Waals surface area contributed by atoms with Crippen molar-refractivity contribution in [2.45, 2.75) is 13.3 Å². The number of amides is 1. The standard InChI is InChI=1S/C23H21FN2O3/c1-14-13-26(10-9-17(14)23(28)29)22(27)19-12-20(15-5-3-2-4-6-15)25-21-11-16(24)7-8-18(19)21/h2-8,11-12,14,17H,9-10,13H2,1H3,(H,28,29). The van der Waals surface area contributed by atoms with Crippen molar-refractivity contribution < 1.29 is 19.1 Å². The second-order valence-electron chi connectivity index (χ2n) is 7.54. The molecule has 148 valence electrons. The number of fused-ring (bicyclic) bond motifs is 1. The fourth-order valence-electron chi connectivity index (χ4n) is 4.00. The number of carbonyl (C=O) groups excluding carboxylic acids is 1. The van der Waals surface area contributed by atoms with Gasteiger partial charge in [0.05, 0.1) is 22.7 Å². The van der Waals surface area contributed by atoms with Crippen LogP contribution in [-0.2, 0) is 4.79 Å². The maximum absolute atomic E-state index is 13.8. The van der Waals surface area contributed by atoms with Crippen molar-refractivity contribution >= 4 is 22.8 Å². The Morgan fingerprint density at radius 2 is 1.90 bits per heavy atom. The quantitative estimate of drug-likeness (QED) is 0.724. The average Bonchev–Trinajstić information content (AvgIpc) is 2.72. The summed E-state index contributed by atoms with van der Waals surface area (Å²) in [5, 5.41) is 9.92. The number of rotatable bonds is 3. The van der Waals surface area contributed by atoms with E-state index < -0.39 is 17.7 Å². The fourth-order valence-corrected chi connectivity index (χ4v) is 4.00. The maximum Gasteiger partial charge on any atom is 0.306 e. The number of hydrogen-bond donors (Lipinski definition) is 1. The van der Waals surface area contributed by atoms with Crippen molar-refractivity contribution in [2.24, 2.45) is 11.8 Å². The summed E-state index contributed by atoms with van der Waals surface area (Å²) < 4.78 is 13.8. The van der Waals surface area contributed by atoms with Crippen molar-refractivity contribution in [3.63, 3.8) is 0 Å². The number of aliphatic carboxylic acids is 1. The van der Waals surface area contributed by atoms with E-state index in [2.05, 4.69) is 4.98 Å². The number of nitrogens with zero attached hydrogens (tertiary/aromatic N) is 2. The van der Waals surface area contributed by atoms with Gasteiger partial charge in [-0.1, -0.05) is 37.3 Å². The lowest BCUT2D eigenvalue weighted by Gasteiger charge is -2.35. The smallest absolute Gasteiger partial charge is 0.306 e. The molecule has 3 aromatic rings. The molecule has 1 amide bonds. The molecule has 0 radical (unpaired) electrons. The molecule has 2 heterocycles. The Labute approximate surface area is 167 Å². The molecule has 0 saturated carbocycles. The highest BCUT2D eigenvalue weighted by molar-refractivity contribution is 6.07. The Kier molecular flexibility index (Phi) is 5.01. The first-order chi connectivity index (χ1) is 13.9. The molecule has 1 aromatic heterocycles. The van der Waals surface area contributed by atoms with Crippen LogP contribution in [0.3, 0.4) is 0 Å². The molecule has 0 aliphatic carbocycles. The van der Waals surface area contributed by atoms with E-state index in [4.69, 9.17) is 0 Å². The summed E-state index contributed by atoms with van der Waals surface area (Å²) in [5.41, 5.74) is 2.31. The second kappa shape index (κ2) is 7.62. The molecule has 2 aromatic carbocycles. The molecular weight excluding hydrogens is 371 g/mol. The maximum atomic E-state index is 13.8. The molecule has 0 spiro atoms. The number of carboxylic acid groups (broad SMARTS) is 1. The number of halogens is 1. The minimum Gasteiger partial charge on any atom is -0.481 e. The van der Waals surface area contributed by atoms with Crippen LogP contribution in [0.5, 0.6) is 0 Å². The van der Waals surface area contributed by atoms with Gasteiger partial charge in [-0.25, -0.2) is 9.37 Å². The van der Waals surface area contributed by atoms with E-state index in [-0.39, 0.29) is 11.8 Å². The van der Waals surface area contributed by atoms with Crippen LogP contribution in [0.15, 0.2) is 54.6 Å². The predicted molar refractivity (Wildman–Crippen MR) is 108 cm³/mol. The number of hydrogen-bond acceptors (Lipinski definition) is 3. The summed E-state index contributed by atoms with van der Waals surface area (Å²) in [4.78, 5) is 31.0. The van der Waals surface area contributed by atoms with Gasteiger partial charge in [-0.15, -0.1) is 0 Å². The molecule has 29 heavy (non-hydrogen) atoms. The zero-order chi connectivity index (χ0) is 20.5. The number of aromatic nitrogens is 1. The van der Waals surface area contributed by atoms with Gasteiger partial charge in [-0.3, -0.25) is 9.59 Å². The summed E-state index contributed by atoms with van der Waals surface area (Å²) in [6.45, 7) is 2.61. The summed E-state index contributed by atoms with van der Waals surface area (Å²) >= 11 is 0. The first kappa shape index (κ1) is 19.1. The molecule has 1 fully saturated rings. The Balaban J connectivity index is 1.76. The highest BCUT2D eigenvalue weighted by Gasteiger charge is 2.33. The first-order valence-corrected chi connectivity index (χ1v) is 9.62. The van der Waals surface area contributed by atoms with Gasteiger partial charge in [0.2, 0.25) is 0 Å². The highest BCUT2D eigenvalue weighted by atomic mass is 19.1. The van der Waals surface area contributed by atoms with Crippen LogP contribution in [-0.4, -0.2) is 40.0 Å². The monoisotopic (exact) mass is 392 g/mol. The fraction of sp³-hybridized carbons (Fsp3) is 0.261. The van der Waals surface area contributed by atoms with E-state index >= 15 is 0 Å². The van der Waals surface area contributed by atoms with Gasteiger partial charge in [0, 0.05) is 30.1 Å². The number of pyridine rings is 1. The molecule has 5 nitrogen and oxygen atoms in total. The van der Waals surface area contributed by atoms with Gasteiger partial charge in [0.15, 0.2) is 0 Å². The molecule has 1 N–H and O–H groups in total. The molecule has 0 bridgehead atoms. The van der Waals surface area contributed by atoms with Gasteiger partial charge >= 0.3 is 5.97 Å². The lowest BCUT2D eigenvalue weighted by molar-refractivity contribution is -0.145. The molecule has 4 rings (SSSR count). The second-order valence-corrected chi connectivity index (χ2v) is 7.54. The number of carbonyl (C=O) groups is 2. The van der Waals surface area contributed by atoms with Crippen LogP contribution >= 0.6 is 0 Å². The first-order valence-electron chi connectivity index (χ1n) is 9.62.